The molecule has 0 saturated heterocycles. The van der Waals surface area contributed by atoms with Crippen LogP contribution in [0.2, 0.25) is 0 Å². The zero-order chi connectivity index (χ0) is 18.9. The standard InChI is InChI=1S/C24H26O3/c1-2-3-4-5-8-17-26-22-14-12-20(13-15-22)24(25)27-23-16-11-19-9-6-7-10-21(19)18-23/h6-7,9-16,18H,2-5,8,17H2,1H3. The number of unbranched alkanes of at least 4 members (excludes halogenated alkanes) is 4. The minimum Gasteiger partial charge on any atom is -0.494 e. The molecular formula is C24H26O3. The first-order valence-electron chi connectivity index (χ1n) is 9.70. The first-order valence-corrected chi connectivity index (χ1v) is 9.70. The molecule has 0 radical (unpaired) electrons. The molecule has 0 aliphatic carbocycles. The molecule has 0 bridgehead atoms. The van der Waals surface area contributed by atoms with Crippen LogP contribution in [0.25, 0.3) is 10.8 Å². The number of esters is 1. The van der Waals surface area contributed by atoms with Gasteiger partial charge < -0.3 is 9.47 Å². The summed E-state index contributed by atoms with van der Waals surface area (Å²) in [6, 6.07) is 20.8. The van der Waals surface area contributed by atoms with Crippen molar-refractivity contribution >= 4 is 16.7 Å². The van der Waals surface area contributed by atoms with E-state index in [2.05, 4.69) is 6.92 Å². The Morgan fingerprint density at radius 3 is 2.26 bits per heavy atom. The number of fused-ring (bicyclic) bond motifs is 1. The van der Waals surface area contributed by atoms with Crippen LogP contribution in [-0.4, -0.2) is 12.6 Å². The summed E-state index contributed by atoms with van der Waals surface area (Å²) in [4.78, 5) is 12.4. The average Bonchev–Trinajstić information content (AvgIpc) is 2.71. The lowest BCUT2D eigenvalue weighted by Gasteiger charge is -2.08. The van der Waals surface area contributed by atoms with Crippen LogP contribution in [0.15, 0.2) is 66.7 Å². The Balaban J connectivity index is 1.52. The maximum Gasteiger partial charge on any atom is 0.343 e. The van der Waals surface area contributed by atoms with Gasteiger partial charge in [0.2, 0.25) is 0 Å². The maximum atomic E-state index is 12.4. The zero-order valence-electron chi connectivity index (χ0n) is 15.8. The summed E-state index contributed by atoms with van der Waals surface area (Å²) in [7, 11) is 0. The second kappa shape index (κ2) is 9.77. The highest BCUT2D eigenvalue weighted by atomic mass is 16.5. The van der Waals surface area contributed by atoms with Crippen molar-refractivity contribution in [1.82, 2.24) is 0 Å². The topological polar surface area (TPSA) is 35.5 Å². The predicted octanol–water partition coefficient (Wildman–Crippen LogP) is 6.41. The van der Waals surface area contributed by atoms with Gasteiger partial charge in [-0.3, -0.25) is 0 Å². The molecule has 0 aromatic heterocycles. The van der Waals surface area contributed by atoms with E-state index in [-0.39, 0.29) is 5.97 Å². The van der Waals surface area contributed by atoms with Gasteiger partial charge in [0, 0.05) is 0 Å². The number of carbonyl (C=O) groups is 1. The summed E-state index contributed by atoms with van der Waals surface area (Å²) >= 11 is 0. The molecule has 0 saturated carbocycles. The van der Waals surface area contributed by atoms with Crippen molar-refractivity contribution in [2.45, 2.75) is 39.0 Å². The molecule has 27 heavy (non-hydrogen) atoms. The number of carbonyl (C=O) groups excluding carboxylic acids is 1. The second-order valence-corrected chi connectivity index (χ2v) is 6.69. The van der Waals surface area contributed by atoms with Crippen LogP contribution in [-0.2, 0) is 0 Å². The first kappa shape index (κ1) is 19.0. The summed E-state index contributed by atoms with van der Waals surface area (Å²) in [5, 5.41) is 2.17. The summed E-state index contributed by atoms with van der Waals surface area (Å²) in [6.07, 6.45) is 6.06. The molecule has 3 heteroatoms. The fraction of sp³-hybridized carbons (Fsp3) is 0.292. The molecule has 0 spiro atoms. The van der Waals surface area contributed by atoms with Gasteiger partial charge in [0.15, 0.2) is 0 Å². The fourth-order valence-corrected chi connectivity index (χ4v) is 2.98. The lowest BCUT2D eigenvalue weighted by Crippen LogP contribution is -2.08. The number of hydrogen-bond acceptors (Lipinski definition) is 3. The fourth-order valence-electron chi connectivity index (χ4n) is 2.98. The highest BCUT2D eigenvalue weighted by Crippen LogP contribution is 2.22. The van der Waals surface area contributed by atoms with E-state index in [1.54, 1.807) is 12.1 Å². The maximum absolute atomic E-state index is 12.4. The molecule has 0 heterocycles. The molecule has 0 fully saturated rings. The number of benzene rings is 3. The van der Waals surface area contributed by atoms with Gasteiger partial charge in [0.05, 0.1) is 12.2 Å². The molecule has 0 atom stereocenters. The van der Waals surface area contributed by atoms with Crippen molar-refractivity contribution in [2.75, 3.05) is 6.61 Å². The first-order chi connectivity index (χ1) is 13.3. The third-order valence-electron chi connectivity index (χ3n) is 4.54. The molecule has 3 nitrogen and oxygen atoms in total. The lowest BCUT2D eigenvalue weighted by molar-refractivity contribution is 0.0735. The van der Waals surface area contributed by atoms with E-state index in [1.165, 1.54) is 25.7 Å². The number of rotatable bonds is 9. The molecule has 0 unspecified atom stereocenters. The average molecular weight is 362 g/mol. The summed E-state index contributed by atoms with van der Waals surface area (Å²) < 4.78 is 11.2. The SMILES string of the molecule is CCCCCCCOc1ccc(C(=O)Oc2ccc3ccccc3c2)cc1. The van der Waals surface area contributed by atoms with Crippen LogP contribution in [0.1, 0.15) is 49.4 Å². The van der Waals surface area contributed by atoms with E-state index in [0.29, 0.717) is 17.9 Å². The smallest absolute Gasteiger partial charge is 0.343 e. The Bertz CT molecular complexity index is 868. The van der Waals surface area contributed by atoms with Crippen LogP contribution >= 0.6 is 0 Å². The van der Waals surface area contributed by atoms with Crippen molar-refractivity contribution in [3.05, 3.63) is 72.3 Å². The quantitative estimate of drug-likeness (QED) is 0.251. The highest BCUT2D eigenvalue weighted by molar-refractivity contribution is 5.92. The van der Waals surface area contributed by atoms with E-state index in [4.69, 9.17) is 9.47 Å². The summed E-state index contributed by atoms with van der Waals surface area (Å²) in [5.41, 5.74) is 0.512. The van der Waals surface area contributed by atoms with Gasteiger partial charge in [-0.05, 0) is 53.6 Å². The van der Waals surface area contributed by atoms with Crippen LogP contribution in [0.4, 0.5) is 0 Å². The summed E-state index contributed by atoms with van der Waals surface area (Å²) in [6.45, 7) is 2.92. The predicted molar refractivity (Wildman–Crippen MR) is 110 cm³/mol. The van der Waals surface area contributed by atoms with Crippen LogP contribution in [0.3, 0.4) is 0 Å². The third kappa shape index (κ3) is 5.58. The van der Waals surface area contributed by atoms with E-state index in [9.17, 15) is 4.79 Å². The lowest BCUT2D eigenvalue weighted by atomic mass is 10.1. The Kier molecular flexibility index (Phi) is 6.86. The Labute approximate surface area is 160 Å². The molecule has 140 valence electrons. The number of hydrogen-bond donors (Lipinski definition) is 0. The van der Waals surface area contributed by atoms with Gasteiger partial charge >= 0.3 is 5.97 Å². The monoisotopic (exact) mass is 362 g/mol. The highest BCUT2D eigenvalue weighted by Gasteiger charge is 2.09. The molecule has 3 aromatic rings. The van der Waals surface area contributed by atoms with Crippen molar-refractivity contribution in [1.29, 1.82) is 0 Å². The Hall–Kier alpha value is -2.81. The van der Waals surface area contributed by atoms with Gasteiger partial charge in [-0.15, -0.1) is 0 Å². The van der Waals surface area contributed by atoms with Crippen LogP contribution in [0.5, 0.6) is 11.5 Å². The molecule has 3 aromatic carbocycles. The Morgan fingerprint density at radius 2 is 1.48 bits per heavy atom. The van der Waals surface area contributed by atoms with Gasteiger partial charge in [-0.25, -0.2) is 4.79 Å². The molecule has 3 rings (SSSR count). The van der Waals surface area contributed by atoms with Gasteiger partial charge in [-0.1, -0.05) is 62.9 Å². The van der Waals surface area contributed by atoms with Gasteiger partial charge in [0.25, 0.3) is 0 Å². The van der Waals surface area contributed by atoms with Crippen LogP contribution < -0.4 is 9.47 Å². The van der Waals surface area contributed by atoms with E-state index in [0.717, 1.165) is 22.9 Å². The van der Waals surface area contributed by atoms with Crippen molar-refractivity contribution in [3.8, 4) is 11.5 Å². The van der Waals surface area contributed by atoms with Crippen molar-refractivity contribution < 1.29 is 14.3 Å². The largest absolute Gasteiger partial charge is 0.494 e. The van der Waals surface area contributed by atoms with Gasteiger partial charge in [-0.2, -0.15) is 0 Å². The van der Waals surface area contributed by atoms with Crippen molar-refractivity contribution in [2.24, 2.45) is 0 Å². The van der Waals surface area contributed by atoms with Crippen LogP contribution in [0, 0.1) is 0 Å². The molecule has 0 N–H and O–H groups in total. The second-order valence-electron chi connectivity index (χ2n) is 6.69. The normalized spacial score (nSPS) is 10.7. The summed E-state index contributed by atoms with van der Waals surface area (Å²) in [5.74, 6) is 0.968. The molecular weight excluding hydrogens is 336 g/mol. The molecule has 0 aliphatic heterocycles. The minimum atomic E-state index is -0.364. The Morgan fingerprint density at radius 1 is 0.778 bits per heavy atom. The third-order valence-corrected chi connectivity index (χ3v) is 4.54. The molecule has 0 aliphatic rings. The minimum absolute atomic E-state index is 0.364. The number of ether oxygens (including phenoxy) is 2. The van der Waals surface area contributed by atoms with E-state index in [1.807, 2.05) is 54.6 Å². The van der Waals surface area contributed by atoms with Gasteiger partial charge in [0.1, 0.15) is 11.5 Å². The van der Waals surface area contributed by atoms with E-state index >= 15 is 0 Å². The van der Waals surface area contributed by atoms with E-state index < -0.39 is 0 Å². The molecule has 0 amide bonds. The zero-order valence-corrected chi connectivity index (χ0v) is 15.8. The van der Waals surface area contributed by atoms with Crippen molar-refractivity contribution in [3.63, 3.8) is 0 Å².